The molecule has 0 radical (unpaired) electrons. The molecule has 124 valence electrons. The van der Waals surface area contributed by atoms with Gasteiger partial charge in [-0.1, -0.05) is 33.4 Å². The van der Waals surface area contributed by atoms with Crippen LogP contribution in [0.15, 0.2) is 23.8 Å². The van der Waals surface area contributed by atoms with Gasteiger partial charge >= 0.3 is 5.97 Å². The van der Waals surface area contributed by atoms with E-state index in [1.807, 2.05) is 0 Å². The summed E-state index contributed by atoms with van der Waals surface area (Å²) in [5, 5.41) is 0. The number of hydrogen-bond acceptors (Lipinski definition) is 3. The molecule has 0 N–H and O–H groups in total. The molecule has 23 heavy (non-hydrogen) atoms. The molecular weight excluding hydrogens is 288 g/mol. The van der Waals surface area contributed by atoms with Crippen LogP contribution in [0, 0.1) is 28.6 Å². The van der Waals surface area contributed by atoms with E-state index >= 15 is 0 Å². The Morgan fingerprint density at radius 3 is 2.70 bits per heavy atom. The number of allylic oxidation sites excluding steroid dienone is 1. The molecule has 4 aliphatic rings. The van der Waals surface area contributed by atoms with Gasteiger partial charge in [-0.25, -0.2) is 4.79 Å². The largest absolute Gasteiger partial charge is 0.454 e. The molecule has 0 aromatic carbocycles. The number of hydrogen-bond donors (Lipinski definition) is 0. The summed E-state index contributed by atoms with van der Waals surface area (Å²) in [6.07, 6.45) is 6.84. The van der Waals surface area contributed by atoms with E-state index in [-0.39, 0.29) is 28.8 Å². The molecule has 2 saturated carbocycles. The number of carbonyl (C=O) groups is 2. The van der Waals surface area contributed by atoms with E-state index in [2.05, 4.69) is 33.4 Å². The minimum atomic E-state index is -0.248. The standard InChI is InChI=1S/C20H26O3/c1-11-12-5-7-14-13(17(12)23-18(11)22)6-8-15-19(2,3)16(21)9-10-20(14,15)4/h6,12,14-15,17H,1,5,7-10H2,2-4H3/t12-,14+,15+,17+,20-/m0/s1. The van der Waals surface area contributed by atoms with Gasteiger partial charge in [-0.3, -0.25) is 4.79 Å². The molecule has 1 aliphatic heterocycles. The number of Topliss-reactive ketones (excluding diaryl/α,β-unsaturated/α-hetero) is 1. The third kappa shape index (κ3) is 1.82. The Labute approximate surface area is 138 Å². The molecule has 0 aromatic heterocycles. The van der Waals surface area contributed by atoms with Crippen molar-refractivity contribution in [3.05, 3.63) is 23.8 Å². The first kappa shape index (κ1) is 15.2. The maximum Gasteiger partial charge on any atom is 0.334 e. The van der Waals surface area contributed by atoms with Crippen LogP contribution in [0.4, 0.5) is 0 Å². The molecule has 0 aromatic rings. The van der Waals surface area contributed by atoms with Gasteiger partial charge in [-0.05, 0) is 48.5 Å². The summed E-state index contributed by atoms with van der Waals surface area (Å²) in [4.78, 5) is 24.4. The van der Waals surface area contributed by atoms with Gasteiger partial charge < -0.3 is 4.74 Å². The summed E-state index contributed by atoms with van der Waals surface area (Å²) in [5.74, 6) is 1.19. The monoisotopic (exact) mass is 314 g/mol. The van der Waals surface area contributed by atoms with Crippen molar-refractivity contribution >= 4 is 11.8 Å². The fraction of sp³-hybridized carbons (Fsp3) is 0.700. The minimum absolute atomic E-state index is 0.0905. The van der Waals surface area contributed by atoms with E-state index in [0.29, 0.717) is 29.6 Å². The fourth-order valence-corrected chi connectivity index (χ4v) is 6.05. The summed E-state index contributed by atoms with van der Waals surface area (Å²) in [7, 11) is 0. The molecule has 0 unspecified atom stereocenters. The van der Waals surface area contributed by atoms with Gasteiger partial charge in [0.05, 0.1) is 0 Å². The van der Waals surface area contributed by atoms with Crippen LogP contribution >= 0.6 is 0 Å². The van der Waals surface area contributed by atoms with Gasteiger partial charge in [-0.2, -0.15) is 0 Å². The predicted octanol–water partition coefficient (Wildman–Crippen LogP) is 3.84. The number of carbonyl (C=O) groups excluding carboxylic acids is 2. The minimum Gasteiger partial charge on any atom is -0.454 e. The van der Waals surface area contributed by atoms with Crippen LogP contribution in [-0.2, 0) is 14.3 Å². The van der Waals surface area contributed by atoms with Crippen molar-refractivity contribution in [1.82, 2.24) is 0 Å². The van der Waals surface area contributed by atoms with Crippen LogP contribution in [0.1, 0.15) is 52.9 Å². The van der Waals surface area contributed by atoms with Gasteiger partial charge in [0, 0.05) is 23.3 Å². The number of fused-ring (bicyclic) bond motifs is 5. The van der Waals surface area contributed by atoms with Gasteiger partial charge in [0.25, 0.3) is 0 Å². The SMILES string of the molecule is C=C1C(=O)O[C@H]2C3=CC[C@@H]4C(C)(C)C(=O)CC[C@@]4(C)[C@@H]3CC[C@@H]12. The first-order valence-corrected chi connectivity index (χ1v) is 8.90. The van der Waals surface area contributed by atoms with E-state index < -0.39 is 0 Å². The van der Waals surface area contributed by atoms with E-state index in [9.17, 15) is 9.59 Å². The van der Waals surface area contributed by atoms with Crippen LogP contribution in [0.2, 0.25) is 0 Å². The molecule has 4 rings (SSSR count). The smallest absolute Gasteiger partial charge is 0.334 e. The fourth-order valence-electron chi connectivity index (χ4n) is 6.05. The van der Waals surface area contributed by atoms with E-state index in [0.717, 1.165) is 25.7 Å². The second kappa shape index (κ2) is 4.58. The third-order valence-electron chi connectivity index (χ3n) is 7.47. The molecular formula is C20H26O3. The second-order valence-electron chi connectivity index (χ2n) is 8.73. The summed E-state index contributed by atoms with van der Waals surface area (Å²) >= 11 is 0. The van der Waals surface area contributed by atoms with Gasteiger partial charge in [0.1, 0.15) is 11.9 Å². The van der Waals surface area contributed by atoms with E-state index in [1.165, 1.54) is 5.57 Å². The van der Waals surface area contributed by atoms with E-state index in [4.69, 9.17) is 4.74 Å². The van der Waals surface area contributed by atoms with Crippen molar-refractivity contribution in [2.75, 3.05) is 0 Å². The van der Waals surface area contributed by atoms with Gasteiger partial charge in [0.15, 0.2) is 0 Å². The molecule has 1 saturated heterocycles. The van der Waals surface area contributed by atoms with Crippen LogP contribution in [0.25, 0.3) is 0 Å². The highest BCUT2D eigenvalue weighted by Gasteiger charge is 2.59. The van der Waals surface area contributed by atoms with Crippen molar-refractivity contribution in [2.24, 2.45) is 28.6 Å². The summed E-state index contributed by atoms with van der Waals surface area (Å²) < 4.78 is 5.67. The molecule has 3 aliphatic carbocycles. The summed E-state index contributed by atoms with van der Waals surface area (Å²) in [5.41, 5.74) is 1.86. The quantitative estimate of drug-likeness (QED) is 0.388. The number of ether oxygens (including phenoxy) is 1. The van der Waals surface area contributed by atoms with Gasteiger partial charge in [-0.15, -0.1) is 0 Å². The highest BCUT2D eigenvalue weighted by Crippen LogP contribution is 2.62. The topological polar surface area (TPSA) is 43.4 Å². The average molecular weight is 314 g/mol. The Morgan fingerprint density at radius 2 is 1.96 bits per heavy atom. The first-order valence-electron chi connectivity index (χ1n) is 8.90. The third-order valence-corrected chi connectivity index (χ3v) is 7.47. The molecule has 3 heteroatoms. The maximum atomic E-state index is 12.4. The molecule has 0 amide bonds. The lowest BCUT2D eigenvalue weighted by molar-refractivity contribution is -0.145. The first-order chi connectivity index (χ1) is 10.8. The van der Waals surface area contributed by atoms with Crippen LogP contribution in [-0.4, -0.2) is 17.9 Å². The van der Waals surface area contributed by atoms with Gasteiger partial charge in [0.2, 0.25) is 0 Å². The Kier molecular flexibility index (Phi) is 3.02. The maximum absolute atomic E-state index is 12.4. The van der Waals surface area contributed by atoms with Crippen LogP contribution in [0.3, 0.4) is 0 Å². The molecule has 3 nitrogen and oxygen atoms in total. The van der Waals surface area contributed by atoms with E-state index in [1.54, 1.807) is 0 Å². The Morgan fingerprint density at radius 1 is 1.22 bits per heavy atom. The predicted molar refractivity (Wildman–Crippen MR) is 87.6 cm³/mol. The van der Waals surface area contributed by atoms with Crippen LogP contribution in [0.5, 0.6) is 0 Å². The van der Waals surface area contributed by atoms with Crippen molar-refractivity contribution < 1.29 is 14.3 Å². The number of esters is 1. The van der Waals surface area contributed by atoms with Crippen molar-refractivity contribution in [3.8, 4) is 0 Å². The van der Waals surface area contributed by atoms with Crippen molar-refractivity contribution in [2.45, 2.75) is 59.0 Å². The Balaban J connectivity index is 1.74. The highest BCUT2D eigenvalue weighted by atomic mass is 16.6. The molecule has 0 spiro atoms. The molecule has 0 bridgehead atoms. The zero-order valence-corrected chi connectivity index (χ0v) is 14.4. The van der Waals surface area contributed by atoms with Crippen molar-refractivity contribution in [1.29, 1.82) is 0 Å². The summed E-state index contributed by atoms with van der Waals surface area (Å²) in [6.45, 7) is 10.6. The zero-order chi connectivity index (χ0) is 16.6. The zero-order valence-electron chi connectivity index (χ0n) is 14.4. The normalized spacial score (nSPS) is 44.8. The Bertz CT molecular complexity index is 641. The number of rotatable bonds is 0. The van der Waals surface area contributed by atoms with Crippen molar-refractivity contribution in [3.63, 3.8) is 0 Å². The average Bonchev–Trinajstić information content (AvgIpc) is 2.79. The lowest BCUT2D eigenvalue weighted by Crippen LogP contribution is -2.54. The van der Waals surface area contributed by atoms with Crippen LogP contribution < -0.4 is 0 Å². The lowest BCUT2D eigenvalue weighted by Gasteiger charge is -2.58. The molecule has 1 heterocycles. The number of ketones is 1. The highest BCUT2D eigenvalue weighted by molar-refractivity contribution is 5.91. The Hall–Kier alpha value is -1.38. The lowest BCUT2D eigenvalue weighted by atomic mass is 9.46. The summed E-state index contributed by atoms with van der Waals surface area (Å²) in [6, 6.07) is 0. The molecule has 5 atom stereocenters. The second-order valence-corrected chi connectivity index (χ2v) is 8.73. The molecule has 3 fully saturated rings.